The van der Waals surface area contributed by atoms with Gasteiger partial charge in [-0.2, -0.15) is 5.26 Å². The van der Waals surface area contributed by atoms with Crippen molar-refractivity contribution < 1.29 is 17.9 Å². The average molecular weight is 254 g/mol. The highest BCUT2D eigenvalue weighted by atomic mass is 32.2. The second-order valence-electron chi connectivity index (χ2n) is 3.19. The molecule has 6 nitrogen and oxygen atoms in total. The highest BCUT2D eigenvalue weighted by molar-refractivity contribution is 7.92. The molecule has 0 spiro atoms. The molecule has 0 aliphatic rings. The summed E-state index contributed by atoms with van der Waals surface area (Å²) in [7, 11) is -3.39. The Morgan fingerprint density at radius 1 is 1.53 bits per heavy atom. The van der Waals surface area contributed by atoms with E-state index in [-0.39, 0.29) is 17.9 Å². The lowest BCUT2D eigenvalue weighted by atomic mass is 10.2. The summed E-state index contributed by atoms with van der Waals surface area (Å²) in [6, 6.07) is 7.48. The molecule has 0 fully saturated rings. The third-order valence-corrected chi connectivity index (χ3v) is 2.28. The highest BCUT2D eigenvalue weighted by Crippen LogP contribution is 2.12. The van der Waals surface area contributed by atoms with Gasteiger partial charge >= 0.3 is 5.97 Å². The van der Waals surface area contributed by atoms with Gasteiger partial charge in [-0.25, -0.2) is 13.2 Å². The van der Waals surface area contributed by atoms with E-state index in [2.05, 4.69) is 9.46 Å². The molecule has 17 heavy (non-hydrogen) atoms. The first-order valence-corrected chi connectivity index (χ1v) is 6.43. The number of ether oxygens (including phenoxy) is 1. The fourth-order valence-corrected chi connectivity index (χ4v) is 1.66. The van der Waals surface area contributed by atoms with Gasteiger partial charge in [-0.05, 0) is 18.2 Å². The Hall–Kier alpha value is -2.07. The highest BCUT2D eigenvalue weighted by Gasteiger charge is 2.09. The molecule has 0 aliphatic carbocycles. The van der Waals surface area contributed by atoms with Gasteiger partial charge < -0.3 is 4.74 Å². The first-order valence-electron chi connectivity index (χ1n) is 4.54. The molecule has 0 saturated carbocycles. The number of hydrogen-bond donors (Lipinski definition) is 1. The van der Waals surface area contributed by atoms with E-state index in [4.69, 9.17) is 5.26 Å². The van der Waals surface area contributed by atoms with Crippen LogP contribution in [0.25, 0.3) is 0 Å². The third-order valence-electron chi connectivity index (χ3n) is 1.67. The SMILES string of the molecule is CS(=O)(=O)Nc1cccc(C(=O)OCC#N)c1. The van der Waals surface area contributed by atoms with E-state index < -0.39 is 16.0 Å². The van der Waals surface area contributed by atoms with Gasteiger partial charge in [0.05, 0.1) is 11.8 Å². The summed E-state index contributed by atoms with van der Waals surface area (Å²) in [5, 5.41) is 8.25. The van der Waals surface area contributed by atoms with Crippen LogP contribution in [0.5, 0.6) is 0 Å². The van der Waals surface area contributed by atoms with Crippen molar-refractivity contribution in [3.63, 3.8) is 0 Å². The molecule has 0 heterocycles. The number of hydrogen-bond acceptors (Lipinski definition) is 5. The van der Waals surface area contributed by atoms with Crippen LogP contribution < -0.4 is 4.72 Å². The number of carbonyl (C=O) groups excluding carboxylic acids is 1. The zero-order chi connectivity index (χ0) is 12.9. The Morgan fingerprint density at radius 3 is 2.82 bits per heavy atom. The van der Waals surface area contributed by atoms with Crippen LogP contribution in [-0.2, 0) is 14.8 Å². The Balaban J connectivity index is 2.86. The Bertz CT molecular complexity index is 560. The molecule has 1 aromatic rings. The molecule has 7 heteroatoms. The first kappa shape index (κ1) is 13.0. The molecule has 0 amide bonds. The summed E-state index contributed by atoms with van der Waals surface area (Å²) >= 11 is 0. The number of carbonyl (C=O) groups is 1. The maximum Gasteiger partial charge on any atom is 0.339 e. The monoisotopic (exact) mass is 254 g/mol. The van der Waals surface area contributed by atoms with Gasteiger partial charge in [0.2, 0.25) is 10.0 Å². The number of benzene rings is 1. The lowest BCUT2D eigenvalue weighted by Crippen LogP contribution is -2.11. The van der Waals surface area contributed by atoms with E-state index in [9.17, 15) is 13.2 Å². The fourth-order valence-electron chi connectivity index (χ4n) is 1.10. The van der Waals surface area contributed by atoms with Gasteiger partial charge in [-0.1, -0.05) is 6.07 Å². The van der Waals surface area contributed by atoms with E-state index in [0.29, 0.717) is 0 Å². The van der Waals surface area contributed by atoms with Gasteiger partial charge in [0.15, 0.2) is 6.61 Å². The standard InChI is InChI=1S/C10H10N2O4S/c1-17(14,15)12-9-4-2-3-8(7-9)10(13)16-6-5-11/h2-4,7,12H,6H2,1H3. The number of rotatable bonds is 4. The number of nitriles is 1. The number of sulfonamides is 1. The van der Waals surface area contributed by atoms with Crippen molar-refractivity contribution >= 4 is 21.7 Å². The third kappa shape index (κ3) is 4.53. The fraction of sp³-hybridized carbons (Fsp3) is 0.200. The quantitative estimate of drug-likeness (QED) is 0.799. The minimum atomic E-state index is -3.39. The van der Waals surface area contributed by atoms with Crippen molar-refractivity contribution in [2.24, 2.45) is 0 Å². The van der Waals surface area contributed by atoms with Crippen LogP contribution in [0.1, 0.15) is 10.4 Å². The van der Waals surface area contributed by atoms with Crippen LogP contribution in [0.2, 0.25) is 0 Å². The average Bonchev–Trinajstić information content (AvgIpc) is 2.24. The van der Waals surface area contributed by atoms with Crippen molar-refractivity contribution in [1.82, 2.24) is 0 Å². The van der Waals surface area contributed by atoms with Crippen LogP contribution in [0.3, 0.4) is 0 Å². The molecule has 0 aliphatic heterocycles. The maximum atomic E-state index is 11.4. The molecule has 1 N–H and O–H groups in total. The van der Waals surface area contributed by atoms with Crippen molar-refractivity contribution in [3.8, 4) is 6.07 Å². The predicted octanol–water partition coefficient (Wildman–Crippen LogP) is 0.738. The van der Waals surface area contributed by atoms with Crippen LogP contribution in [0.15, 0.2) is 24.3 Å². The summed E-state index contributed by atoms with van der Waals surface area (Å²) in [6.45, 7) is -0.345. The largest absolute Gasteiger partial charge is 0.447 e. The number of nitrogens with zero attached hydrogens (tertiary/aromatic N) is 1. The predicted molar refractivity (Wildman–Crippen MR) is 60.8 cm³/mol. The van der Waals surface area contributed by atoms with E-state index in [1.165, 1.54) is 24.3 Å². The lowest BCUT2D eigenvalue weighted by molar-refractivity contribution is 0.0555. The van der Waals surface area contributed by atoms with Gasteiger partial charge in [-0.15, -0.1) is 0 Å². The number of nitrogens with one attached hydrogen (secondary N) is 1. The van der Waals surface area contributed by atoms with Gasteiger partial charge in [0.1, 0.15) is 6.07 Å². The second-order valence-corrected chi connectivity index (χ2v) is 4.94. The number of anilines is 1. The second kappa shape index (κ2) is 5.32. The van der Waals surface area contributed by atoms with E-state index in [0.717, 1.165) is 6.26 Å². The molecular weight excluding hydrogens is 244 g/mol. The Labute approximate surface area is 98.9 Å². The van der Waals surface area contributed by atoms with E-state index >= 15 is 0 Å². The maximum absolute atomic E-state index is 11.4. The molecule has 0 saturated heterocycles. The van der Waals surface area contributed by atoms with Gasteiger partial charge in [0, 0.05) is 5.69 Å². The Morgan fingerprint density at radius 2 is 2.24 bits per heavy atom. The van der Waals surface area contributed by atoms with Gasteiger partial charge in [0.25, 0.3) is 0 Å². The van der Waals surface area contributed by atoms with E-state index in [1.807, 2.05) is 0 Å². The molecule has 0 aromatic heterocycles. The minimum Gasteiger partial charge on any atom is -0.447 e. The summed E-state index contributed by atoms with van der Waals surface area (Å²) < 4.78 is 28.8. The normalized spacial score (nSPS) is 10.4. The lowest BCUT2D eigenvalue weighted by Gasteiger charge is -2.05. The summed E-state index contributed by atoms with van der Waals surface area (Å²) in [4.78, 5) is 11.4. The molecule has 0 bridgehead atoms. The molecule has 0 unspecified atom stereocenters. The number of esters is 1. The molecule has 1 rings (SSSR count). The zero-order valence-electron chi connectivity index (χ0n) is 9.00. The first-order chi connectivity index (χ1) is 7.92. The molecule has 0 radical (unpaired) electrons. The molecule has 90 valence electrons. The van der Waals surface area contributed by atoms with Crippen molar-refractivity contribution in [2.45, 2.75) is 0 Å². The zero-order valence-corrected chi connectivity index (χ0v) is 9.82. The van der Waals surface area contributed by atoms with Crippen LogP contribution in [0.4, 0.5) is 5.69 Å². The molecule has 1 aromatic carbocycles. The Kier molecular flexibility index (Phi) is 4.06. The topological polar surface area (TPSA) is 96.3 Å². The summed E-state index contributed by atoms with van der Waals surface area (Å²) in [5.41, 5.74) is 0.438. The molecule has 0 atom stereocenters. The van der Waals surface area contributed by atoms with Crippen molar-refractivity contribution in [1.29, 1.82) is 5.26 Å². The summed E-state index contributed by atoms with van der Waals surface area (Å²) in [5.74, 6) is -0.677. The smallest absolute Gasteiger partial charge is 0.339 e. The van der Waals surface area contributed by atoms with E-state index in [1.54, 1.807) is 6.07 Å². The van der Waals surface area contributed by atoms with Crippen LogP contribution >= 0.6 is 0 Å². The van der Waals surface area contributed by atoms with Crippen LogP contribution in [-0.4, -0.2) is 27.2 Å². The molecular formula is C10H10N2O4S. The van der Waals surface area contributed by atoms with Crippen LogP contribution in [0, 0.1) is 11.3 Å². The van der Waals surface area contributed by atoms with Gasteiger partial charge in [-0.3, -0.25) is 4.72 Å². The van der Waals surface area contributed by atoms with Crippen molar-refractivity contribution in [3.05, 3.63) is 29.8 Å². The minimum absolute atomic E-state index is 0.175. The van der Waals surface area contributed by atoms with Crippen molar-refractivity contribution in [2.75, 3.05) is 17.6 Å². The summed E-state index contributed by atoms with van der Waals surface area (Å²) in [6.07, 6.45) is 1.01.